The van der Waals surface area contributed by atoms with Gasteiger partial charge in [0.05, 0.1) is 0 Å². The van der Waals surface area contributed by atoms with E-state index in [9.17, 15) is 0 Å². The standard InChI is InChI=1S/C19H30N2/c1-3-5-13-21(4-2)15-19-11-8-12-20-18(19)17-10-7-6-9-16(17)14-19/h6-7,9-10,18,20H,3-5,8,11-15H2,1-2H3/t18-,19+/m0/s1. The number of benzene rings is 1. The number of unbranched alkanes of at least 4 members (excludes halogenated alkanes) is 1. The van der Waals surface area contributed by atoms with E-state index in [1.807, 2.05) is 0 Å². The number of nitrogens with one attached hydrogen (secondary N) is 1. The van der Waals surface area contributed by atoms with Crippen molar-refractivity contribution in [2.24, 2.45) is 5.41 Å². The molecule has 1 aromatic carbocycles. The van der Waals surface area contributed by atoms with E-state index in [1.165, 1.54) is 58.3 Å². The molecule has 2 heteroatoms. The summed E-state index contributed by atoms with van der Waals surface area (Å²) < 4.78 is 0. The topological polar surface area (TPSA) is 15.3 Å². The van der Waals surface area contributed by atoms with E-state index in [0.29, 0.717) is 11.5 Å². The summed E-state index contributed by atoms with van der Waals surface area (Å²) in [6, 6.07) is 9.69. The Kier molecular flexibility index (Phi) is 4.66. The highest BCUT2D eigenvalue weighted by Gasteiger charge is 2.47. The van der Waals surface area contributed by atoms with Crippen molar-refractivity contribution in [3.63, 3.8) is 0 Å². The highest BCUT2D eigenvalue weighted by molar-refractivity contribution is 5.39. The maximum atomic E-state index is 3.84. The Balaban J connectivity index is 1.81. The van der Waals surface area contributed by atoms with Crippen LogP contribution in [0.15, 0.2) is 24.3 Å². The van der Waals surface area contributed by atoms with Gasteiger partial charge in [0.25, 0.3) is 0 Å². The molecule has 1 fully saturated rings. The zero-order chi connectivity index (χ0) is 14.7. The van der Waals surface area contributed by atoms with Gasteiger partial charge < -0.3 is 10.2 Å². The van der Waals surface area contributed by atoms with Gasteiger partial charge in [0.2, 0.25) is 0 Å². The summed E-state index contributed by atoms with van der Waals surface area (Å²) in [6.45, 7) is 9.50. The molecule has 0 amide bonds. The molecule has 1 N–H and O–H groups in total. The third-order valence-corrected chi connectivity index (χ3v) is 5.53. The molecule has 1 aliphatic carbocycles. The van der Waals surface area contributed by atoms with Gasteiger partial charge >= 0.3 is 0 Å². The molecule has 1 aliphatic heterocycles. The Morgan fingerprint density at radius 1 is 1.29 bits per heavy atom. The van der Waals surface area contributed by atoms with Gasteiger partial charge in [0.15, 0.2) is 0 Å². The second-order valence-corrected chi connectivity index (χ2v) is 6.95. The summed E-state index contributed by atoms with van der Waals surface area (Å²) in [5, 5.41) is 3.84. The highest BCUT2D eigenvalue weighted by atomic mass is 15.1. The third-order valence-electron chi connectivity index (χ3n) is 5.53. The zero-order valence-corrected chi connectivity index (χ0v) is 13.7. The largest absolute Gasteiger partial charge is 0.309 e. The molecule has 1 aromatic rings. The molecule has 1 heterocycles. The lowest BCUT2D eigenvalue weighted by Gasteiger charge is -2.43. The summed E-state index contributed by atoms with van der Waals surface area (Å²) in [5.74, 6) is 0. The predicted molar refractivity (Wildman–Crippen MR) is 89.6 cm³/mol. The van der Waals surface area contributed by atoms with Gasteiger partial charge in [-0.15, -0.1) is 0 Å². The average Bonchev–Trinajstić information content (AvgIpc) is 2.85. The highest BCUT2D eigenvalue weighted by Crippen LogP contribution is 2.50. The summed E-state index contributed by atoms with van der Waals surface area (Å²) in [4.78, 5) is 2.69. The van der Waals surface area contributed by atoms with E-state index in [1.54, 1.807) is 11.1 Å². The Morgan fingerprint density at radius 3 is 2.95 bits per heavy atom. The number of rotatable bonds is 6. The van der Waals surface area contributed by atoms with Gasteiger partial charge in [0, 0.05) is 18.0 Å². The van der Waals surface area contributed by atoms with Gasteiger partial charge in [-0.2, -0.15) is 0 Å². The maximum Gasteiger partial charge on any atom is 0.0395 e. The summed E-state index contributed by atoms with van der Waals surface area (Å²) in [6.07, 6.45) is 6.60. The number of nitrogens with zero attached hydrogens (tertiary/aromatic N) is 1. The van der Waals surface area contributed by atoms with E-state index < -0.39 is 0 Å². The minimum Gasteiger partial charge on any atom is -0.309 e. The lowest BCUT2D eigenvalue weighted by molar-refractivity contribution is 0.0856. The van der Waals surface area contributed by atoms with Gasteiger partial charge in [-0.1, -0.05) is 44.5 Å². The second-order valence-electron chi connectivity index (χ2n) is 6.95. The van der Waals surface area contributed by atoms with E-state index in [4.69, 9.17) is 0 Å². The number of piperidine rings is 1. The van der Waals surface area contributed by atoms with Gasteiger partial charge in [-0.05, 0) is 56.4 Å². The fraction of sp³-hybridized carbons (Fsp3) is 0.684. The zero-order valence-electron chi connectivity index (χ0n) is 13.7. The molecular weight excluding hydrogens is 256 g/mol. The minimum absolute atomic E-state index is 0.436. The fourth-order valence-corrected chi connectivity index (χ4v) is 4.44. The first-order valence-corrected chi connectivity index (χ1v) is 8.82. The number of hydrogen-bond acceptors (Lipinski definition) is 2. The second kappa shape index (κ2) is 6.50. The lowest BCUT2D eigenvalue weighted by atomic mass is 9.74. The Hall–Kier alpha value is -0.860. The van der Waals surface area contributed by atoms with Gasteiger partial charge in [-0.3, -0.25) is 0 Å². The fourth-order valence-electron chi connectivity index (χ4n) is 4.44. The molecule has 2 atom stereocenters. The molecule has 2 aliphatic rings. The third kappa shape index (κ3) is 2.89. The SMILES string of the molecule is CCCCN(CC)C[C@]12CCCN[C@H]1c1ccccc1C2. The Bertz CT molecular complexity index is 470. The van der Waals surface area contributed by atoms with Crippen LogP contribution < -0.4 is 5.32 Å². The van der Waals surface area contributed by atoms with E-state index in [-0.39, 0.29) is 0 Å². The van der Waals surface area contributed by atoms with Gasteiger partial charge in [-0.25, -0.2) is 0 Å². The van der Waals surface area contributed by atoms with Crippen LogP contribution in [0.4, 0.5) is 0 Å². The molecule has 2 nitrogen and oxygen atoms in total. The van der Waals surface area contributed by atoms with Crippen molar-refractivity contribution in [2.75, 3.05) is 26.2 Å². The van der Waals surface area contributed by atoms with E-state index in [2.05, 4.69) is 48.3 Å². The van der Waals surface area contributed by atoms with Crippen LogP contribution in [0.3, 0.4) is 0 Å². The van der Waals surface area contributed by atoms with Gasteiger partial charge in [0.1, 0.15) is 0 Å². The van der Waals surface area contributed by atoms with Crippen molar-refractivity contribution in [3.05, 3.63) is 35.4 Å². The maximum absolute atomic E-state index is 3.84. The molecule has 1 saturated heterocycles. The molecule has 0 aromatic heterocycles. The molecule has 116 valence electrons. The Morgan fingerprint density at radius 2 is 2.14 bits per heavy atom. The average molecular weight is 286 g/mol. The molecule has 3 rings (SSSR count). The van der Waals surface area contributed by atoms with Crippen molar-refractivity contribution < 1.29 is 0 Å². The van der Waals surface area contributed by atoms with Crippen molar-refractivity contribution in [2.45, 2.75) is 52.0 Å². The monoisotopic (exact) mass is 286 g/mol. The quantitative estimate of drug-likeness (QED) is 0.856. The molecule has 21 heavy (non-hydrogen) atoms. The summed E-state index contributed by atoms with van der Waals surface area (Å²) >= 11 is 0. The molecule has 0 spiro atoms. The predicted octanol–water partition coefficient (Wildman–Crippen LogP) is 3.78. The van der Waals surface area contributed by atoms with Crippen LogP contribution in [0.25, 0.3) is 0 Å². The Labute approximate surface area is 129 Å². The molecule has 0 bridgehead atoms. The van der Waals surface area contributed by atoms with Crippen molar-refractivity contribution in [1.29, 1.82) is 0 Å². The summed E-state index contributed by atoms with van der Waals surface area (Å²) in [7, 11) is 0. The first-order valence-electron chi connectivity index (χ1n) is 8.82. The molecule has 0 saturated carbocycles. The molecule has 0 unspecified atom stereocenters. The van der Waals surface area contributed by atoms with Crippen LogP contribution in [-0.2, 0) is 6.42 Å². The molecular formula is C19H30N2. The first-order chi connectivity index (χ1) is 10.3. The number of hydrogen-bond donors (Lipinski definition) is 1. The van der Waals surface area contributed by atoms with Crippen LogP contribution in [-0.4, -0.2) is 31.1 Å². The normalized spacial score (nSPS) is 27.7. The van der Waals surface area contributed by atoms with Crippen molar-refractivity contribution >= 4 is 0 Å². The minimum atomic E-state index is 0.436. The first kappa shape index (κ1) is 15.1. The lowest BCUT2D eigenvalue weighted by Crippen LogP contribution is -2.48. The summed E-state index contributed by atoms with van der Waals surface area (Å²) in [5.41, 5.74) is 3.60. The van der Waals surface area contributed by atoms with Crippen LogP contribution in [0.1, 0.15) is 56.7 Å². The van der Waals surface area contributed by atoms with Crippen molar-refractivity contribution in [1.82, 2.24) is 10.2 Å². The van der Waals surface area contributed by atoms with Crippen LogP contribution in [0.5, 0.6) is 0 Å². The smallest absolute Gasteiger partial charge is 0.0395 e. The van der Waals surface area contributed by atoms with Crippen LogP contribution in [0, 0.1) is 5.41 Å². The van der Waals surface area contributed by atoms with E-state index >= 15 is 0 Å². The van der Waals surface area contributed by atoms with Crippen molar-refractivity contribution in [3.8, 4) is 0 Å². The van der Waals surface area contributed by atoms with Crippen LogP contribution >= 0.6 is 0 Å². The number of fused-ring (bicyclic) bond motifs is 3. The molecule has 0 radical (unpaired) electrons. The van der Waals surface area contributed by atoms with Crippen LogP contribution in [0.2, 0.25) is 0 Å². The van der Waals surface area contributed by atoms with E-state index in [0.717, 1.165) is 0 Å².